The van der Waals surface area contributed by atoms with Crippen LogP contribution in [0.1, 0.15) is 11.3 Å². The summed E-state index contributed by atoms with van der Waals surface area (Å²) in [7, 11) is 0. The third-order valence-electron chi connectivity index (χ3n) is 3.06. The van der Waals surface area contributed by atoms with E-state index in [0.29, 0.717) is 22.6 Å². The summed E-state index contributed by atoms with van der Waals surface area (Å²) in [5.74, 6) is 0.512. The molecule has 5 N–H and O–H groups in total. The van der Waals surface area contributed by atoms with Crippen molar-refractivity contribution < 1.29 is 9.52 Å². The van der Waals surface area contributed by atoms with E-state index in [9.17, 15) is 5.26 Å². The van der Waals surface area contributed by atoms with Gasteiger partial charge in [-0.15, -0.1) is 0 Å². The fourth-order valence-corrected chi connectivity index (χ4v) is 2.14. The van der Waals surface area contributed by atoms with Crippen LogP contribution in [0.2, 0.25) is 0 Å². The first-order valence-electron chi connectivity index (χ1n) is 6.09. The molecule has 0 aliphatic rings. The second kappa shape index (κ2) is 4.77. The molecule has 7 nitrogen and oxygen atoms in total. The highest BCUT2D eigenvalue weighted by Crippen LogP contribution is 2.29. The molecule has 0 spiro atoms. The largest absolute Gasteiger partial charge is 0.459 e. The average molecular weight is 281 g/mol. The number of benzene rings is 1. The van der Waals surface area contributed by atoms with E-state index in [1.54, 1.807) is 24.3 Å². The maximum atomic E-state index is 9.20. The lowest BCUT2D eigenvalue weighted by atomic mass is 10.1. The summed E-state index contributed by atoms with van der Waals surface area (Å²) in [6, 6.07) is 8.98. The maximum Gasteiger partial charge on any atom is 0.222 e. The van der Waals surface area contributed by atoms with Crippen molar-refractivity contribution >= 4 is 22.7 Å². The van der Waals surface area contributed by atoms with E-state index in [1.807, 2.05) is 6.07 Å². The van der Waals surface area contributed by atoms with Gasteiger partial charge in [0.25, 0.3) is 0 Å². The van der Waals surface area contributed by atoms with Gasteiger partial charge in [0.05, 0.1) is 5.69 Å². The molecule has 0 aliphatic carbocycles. The number of rotatable bonds is 2. The SMILES string of the molecule is N#Cc1c(N)nc(N)nc1-c1ccc2oc(CO)cc2c1. The molecule has 0 radical (unpaired) electrons. The van der Waals surface area contributed by atoms with Gasteiger partial charge in [-0.2, -0.15) is 10.2 Å². The first-order chi connectivity index (χ1) is 10.1. The highest BCUT2D eigenvalue weighted by molar-refractivity contribution is 5.85. The van der Waals surface area contributed by atoms with E-state index in [4.69, 9.17) is 21.0 Å². The summed E-state index contributed by atoms with van der Waals surface area (Å²) in [6.45, 7) is -0.180. The number of aliphatic hydroxyl groups is 1. The summed E-state index contributed by atoms with van der Waals surface area (Å²) in [5.41, 5.74) is 13.2. The van der Waals surface area contributed by atoms with Crippen molar-refractivity contribution in [3.63, 3.8) is 0 Å². The molecule has 0 saturated heterocycles. The molecule has 2 aromatic heterocycles. The van der Waals surface area contributed by atoms with Gasteiger partial charge in [0.15, 0.2) is 0 Å². The van der Waals surface area contributed by atoms with Gasteiger partial charge in [-0.1, -0.05) is 0 Å². The van der Waals surface area contributed by atoms with E-state index in [2.05, 4.69) is 9.97 Å². The number of hydrogen-bond donors (Lipinski definition) is 3. The lowest BCUT2D eigenvalue weighted by Crippen LogP contribution is -2.04. The molecule has 0 amide bonds. The van der Waals surface area contributed by atoms with Gasteiger partial charge in [0, 0.05) is 10.9 Å². The molecule has 2 heterocycles. The molecule has 0 fully saturated rings. The first kappa shape index (κ1) is 12.9. The van der Waals surface area contributed by atoms with Gasteiger partial charge in [-0.05, 0) is 24.3 Å². The van der Waals surface area contributed by atoms with Crippen LogP contribution in [0.15, 0.2) is 28.7 Å². The Morgan fingerprint density at radius 3 is 2.76 bits per heavy atom. The van der Waals surface area contributed by atoms with Crippen LogP contribution in [0.5, 0.6) is 0 Å². The summed E-state index contributed by atoms with van der Waals surface area (Å²) in [4.78, 5) is 7.87. The Labute approximate surface area is 119 Å². The van der Waals surface area contributed by atoms with Crippen LogP contribution in [0.4, 0.5) is 11.8 Å². The molecule has 21 heavy (non-hydrogen) atoms. The van der Waals surface area contributed by atoms with Crippen LogP contribution in [-0.2, 0) is 6.61 Å². The molecule has 3 rings (SSSR count). The fraction of sp³-hybridized carbons (Fsp3) is 0.0714. The standard InChI is InChI=1S/C14H11N5O2/c15-5-10-12(18-14(17)19-13(10)16)7-1-2-11-8(3-7)4-9(6-20)21-11/h1-4,20H,6H2,(H4,16,17,18,19). The van der Waals surface area contributed by atoms with Crippen LogP contribution in [0.3, 0.4) is 0 Å². The van der Waals surface area contributed by atoms with Gasteiger partial charge >= 0.3 is 0 Å². The number of fused-ring (bicyclic) bond motifs is 1. The monoisotopic (exact) mass is 281 g/mol. The number of furan rings is 1. The molecule has 1 aromatic carbocycles. The number of nitrogens with two attached hydrogens (primary N) is 2. The smallest absolute Gasteiger partial charge is 0.222 e. The summed E-state index contributed by atoms with van der Waals surface area (Å²) in [5, 5.41) is 19.1. The number of aliphatic hydroxyl groups excluding tert-OH is 1. The van der Waals surface area contributed by atoms with E-state index in [-0.39, 0.29) is 23.9 Å². The van der Waals surface area contributed by atoms with Crippen LogP contribution < -0.4 is 11.5 Å². The van der Waals surface area contributed by atoms with E-state index in [1.165, 1.54) is 0 Å². The quantitative estimate of drug-likeness (QED) is 0.646. The van der Waals surface area contributed by atoms with Crippen molar-refractivity contribution in [1.29, 1.82) is 5.26 Å². The predicted octanol–water partition coefficient (Wildman–Crippen LogP) is 1.42. The van der Waals surface area contributed by atoms with Gasteiger partial charge in [0.1, 0.15) is 35.4 Å². The normalized spacial score (nSPS) is 10.7. The highest BCUT2D eigenvalue weighted by Gasteiger charge is 2.14. The number of nitrogens with zero attached hydrogens (tertiary/aromatic N) is 3. The van der Waals surface area contributed by atoms with E-state index in [0.717, 1.165) is 5.39 Å². The number of anilines is 2. The van der Waals surface area contributed by atoms with Gasteiger partial charge in [-0.3, -0.25) is 0 Å². The predicted molar refractivity (Wildman–Crippen MR) is 76.7 cm³/mol. The average Bonchev–Trinajstić information content (AvgIpc) is 2.88. The molecule has 0 saturated carbocycles. The highest BCUT2D eigenvalue weighted by atomic mass is 16.4. The third-order valence-corrected chi connectivity index (χ3v) is 3.06. The topological polar surface area (TPSA) is 135 Å². The molecular weight excluding hydrogens is 270 g/mol. The van der Waals surface area contributed by atoms with Crippen molar-refractivity contribution in [2.75, 3.05) is 11.5 Å². The number of nitriles is 1. The van der Waals surface area contributed by atoms with E-state index < -0.39 is 0 Å². The molecule has 7 heteroatoms. The van der Waals surface area contributed by atoms with Crippen LogP contribution in [-0.4, -0.2) is 15.1 Å². The van der Waals surface area contributed by atoms with Crippen LogP contribution in [0, 0.1) is 11.3 Å². The van der Waals surface area contributed by atoms with Gasteiger partial charge in [0.2, 0.25) is 5.95 Å². The lowest BCUT2D eigenvalue weighted by Gasteiger charge is -2.06. The Kier molecular flexibility index (Phi) is 2.93. The Balaban J connectivity index is 2.23. The zero-order valence-corrected chi connectivity index (χ0v) is 10.9. The minimum Gasteiger partial charge on any atom is -0.459 e. The molecule has 3 aromatic rings. The van der Waals surface area contributed by atoms with Crippen molar-refractivity contribution in [3.8, 4) is 17.3 Å². The second-order valence-corrected chi connectivity index (χ2v) is 4.43. The molecule has 0 aliphatic heterocycles. The Bertz CT molecular complexity index is 879. The van der Waals surface area contributed by atoms with Crippen molar-refractivity contribution in [3.05, 3.63) is 35.6 Å². The molecule has 0 atom stereocenters. The van der Waals surface area contributed by atoms with E-state index >= 15 is 0 Å². The summed E-state index contributed by atoms with van der Waals surface area (Å²) < 4.78 is 5.41. The van der Waals surface area contributed by atoms with Crippen molar-refractivity contribution in [1.82, 2.24) is 9.97 Å². The lowest BCUT2D eigenvalue weighted by molar-refractivity contribution is 0.251. The molecule has 104 valence electrons. The number of aromatic nitrogens is 2. The maximum absolute atomic E-state index is 9.20. The summed E-state index contributed by atoms with van der Waals surface area (Å²) >= 11 is 0. The Morgan fingerprint density at radius 1 is 1.24 bits per heavy atom. The number of hydrogen-bond acceptors (Lipinski definition) is 7. The van der Waals surface area contributed by atoms with Gasteiger partial charge < -0.3 is 21.0 Å². The summed E-state index contributed by atoms with van der Waals surface area (Å²) in [6.07, 6.45) is 0. The number of nitrogen functional groups attached to an aromatic ring is 2. The Hall–Kier alpha value is -3.11. The third kappa shape index (κ3) is 2.13. The molecule has 0 bridgehead atoms. The second-order valence-electron chi connectivity index (χ2n) is 4.43. The first-order valence-corrected chi connectivity index (χ1v) is 6.09. The van der Waals surface area contributed by atoms with Gasteiger partial charge in [-0.25, -0.2) is 4.98 Å². The minimum absolute atomic E-state index is 0.00448. The minimum atomic E-state index is -0.180. The van der Waals surface area contributed by atoms with Crippen LogP contribution >= 0.6 is 0 Å². The van der Waals surface area contributed by atoms with Crippen molar-refractivity contribution in [2.24, 2.45) is 0 Å². The van der Waals surface area contributed by atoms with Crippen molar-refractivity contribution in [2.45, 2.75) is 6.61 Å². The zero-order chi connectivity index (χ0) is 15.0. The fourth-order valence-electron chi connectivity index (χ4n) is 2.14. The zero-order valence-electron chi connectivity index (χ0n) is 10.9. The molecular formula is C14H11N5O2. The van der Waals surface area contributed by atoms with Crippen LogP contribution in [0.25, 0.3) is 22.2 Å². The Morgan fingerprint density at radius 2 is 2.05 bits per heavy atom. The molecule has 0 unspecified atom stereocenters.